The van der Waals surface area contributed by atoms with Gasteiger partial charge in [-0.2, -0.15) is 23.3 Å². The first-order chi connectivity index (χ1) is 13.8. The number of alkyl halides is 3. The standard InChI is InChI=1S/C18H18F3N7O/c1-2-28-10-13(8-25-28)26-17-24-9-14(15(22)29)16(27-17)23-7-11-4-3-5-12(6-11)18(19,20)21/h3-6,8-10H,2,7H2,1H3,(H2,22,29)(H2,23,24,26,27). The van der Waals surface area contributed by atoms with E-state index in [0.29, 0.717) is 17.8 Å². The first-order valence-electron chi connectivity index (χ1n) is 8.62. The summed E-state index contributed by atoms with van der Waals surface area (Å²) in [5.41, 5.74) is 5.62. The van der Waals surface area contributed by atoms with E-state index in [1.54, 1.807) is 17.1 Å². The zero-order valence-corrected chi connectivity index (χ0v) is 15.4. The van der Waals surface area contributed by atoms with E-state index >= 15 is 0 Å². The first kappa shape index (κ1) is 20.1. The monoisotopic (exact) mass is 405 g/mol. The Bertz CT molecular complexity index is 1020. The van der Waals surface area contributed by atoms with Crippen molar-refractivity contribution in [3.63, 3.8) is 0 Å². The molecule has 1 aromatic carbocycles. The molecular formula is C18H18F3N7O. The number of nitrogens with one attached hydrogen (secondary N) is 2. The molecule has 3 aromatic rings. The zero-order valence-electron chi connectivity index (χ0n) is 15.4. The van der Waals surface area contributed by atoms with Gasteiger partial charge in [-0.25, -0.2) is 4.98 Å². The SMILES string of the molecule is CCn1cc(Nc2ncc(C(N)=O)c(NCc3cccc(C(F)(F)F)c3)n2)cn1. The Morgan fingerprint density at radius 1 is 1.28 bits per heavy atom. The third-order valence-corrected chi connectivity index (χ3v) is 3.98. The summed E-state index contributed by atoms with van der Waals surface area (Å²) in [5.74, 6) is -0.477. The highest BCUT2D eigenvalue weighted by molar-refractivity contribution is 5.97. The van der Waals surface area contributed by atoms with Gasteiger partial charge in [0.05, 0.1) is 23.0 Å². The van der Waals surface area contributed by atoms with Crippen LogP contribution in [0.2, 0.25) is 0 Å². The van der Waals surface area contributed by atoms with E-state index in [2.05, 4.69) is 25.7 Å². The molecule has 0 bridgehead atoms. The summed E-state index contributed by atoms with van der Waals surface area (Å²) in [6.45, 7) is 2.63. The number of hydrogen-bond acceptors (Lipinski definition) is 6. The molecule has 0 saturated carbocycles. The van der Waals surface area contributed by atoms with E-state index in [1.165, 1.54) is 18.3 Å². The normalized spacial score (nSPS) is 11.3. The van der Waals surface area contributed by atoms with E-state index in [4.69, 9.17) is 5.73 Å². The molecule has 0 radical (unpaired) electrons. The minimum Gasteiger partial charge on any atom is -0.365 e. The molecule has 2 heterocycles. The quantitative estimate of drug-likeness (QED) is 0.557. The molecule has 4 N–H and O–H groups in total. The molecule has 0 saturated heterocycles. The Balaban J connectivity index is 1.80. The van der Waals surface area contributed by atoms with Crippen LogP contribution in [0.15, 0.2) is 42.9 Å². The average molecular weight is 405 g/mol. The van der Waals surface area contributed by atoms with Crippen molar-refractivity contribution in [2.75, 3.05) is 10.6 Å². The van der Waals surface area contributed by atoms with Gasteiger partial charge in [-0.05, 0) is 24.6 Å². The van der Waals surface area contributed by atoms with Crippen LogP contribution in [0.25, 0.3) is 0 Å². The molecule has 0 aliphatic heterocycles. The largest absolute Gasteiger partial charge is 0.416 e. The number of hydrogen-bond donors (Lipinski definition) is 3. The summed E-state index contributed by atoms with van der Waals surface area (Å²) in [6, 6.07) is 4.86. The first-order valence-corrected chi connectivity index (χ1v) is 8.62. The fourth-order valence-electron chi connectivity index (χ4n) is 2.53. The zero-order chi connectivity index (χ0) is 21.0. The number of halogens is 3. The van der Waals surface area contributed by atoms with Gasteiger partial charge in [0.1, 0.15) is 5.82 Å². The molecule has 8 nitrogen and oxygen atoms in total. The minimum atomic E-state index is -4.44. The highest BCUT2D eigenvalue weighted by Crippen LogP contribution is 2.29. The van der Waals surface area contributed by atoms with Crippen molar-refractivity contribution in [3.8, 4) is 0 Å². The summed E-state index contributed by atoms with van der Waals surface area (Å²) in [4.78, 5) is 19.9. The minimum absolute atomic E-state index is 0.00835. The molecule has 0 unspecified atom stereocenters. The Morgan fingerprint density at radius 3 is 2.72 bits per heavy atom. The van der Waals surface area contributed by atoms with E-state index in [1.807, 2.05) is 6.92 Å². The van der Waals surface area contributed by atoms with Crippen LogP contribution < -0.4 is 16.4 Å². The third-order valence-electron chi connectivity index (χ3n) is 3.98. The molecule has 29 heavy (non-hydrogen) atoms. The summed E-state index contributed by atoms with van der Waals surface area (Å²) < 4.78 is 40.3. The van der Waals surface area contributed by atoms with E-state index in [0.717, 1.165) is 12.1 Å². The van der Waals surface area contributed by atoms with Crippen LogP contribution >= 0.6 is 0 Å². The smallest absolute Gasteiger partial charge is 0.365 e. The van der Waals surface area contributed by atoms with Crippen molar-refractivity contribution in [2.24, 2.45) is 5.73 Å². The van der Waals surface area contributed by atoms with Crippen LogP contribution in [0.1, 0.15) is 28.4 Å². The van der Waals surface area contributed by atoms with E-state index < -0.39 is 17.6 Å². The number of nitrogens with zero attached hydrogens (tertiary/aromatic N) is 4. The van der Waals surface area contributed by atoms with Gasteiger partial charge < -0.3 is 16.4 Å². The van der Waals surface area contributed by atoms with Gasteiger partial charge in [-0.3, -0.25) is 9.48 Å². The number of aryl methyl sites for hydroxylation is 1. The lowest BCUT2D eigenvalue weighted by Crippen LogP contribution is -2.17. The van der Waals surface area contributed by atoms with Crippen molar-refractivity contribution in [1.29, 1.82) is 0 Å². The number of primary amides is 1. The second kappa shape index (κ2) is 8.17. The summed E-state index contributed by atoms with van der Waals surface area (Å²) >= 11 is 0. The molecule has 0 aliphatic carbocycles. The Hall–Kier alpha value is -3.63. The fourth-order valence-corrected chi connectivity index (χ4v) is 2.53. The van der Waals surface area contributed by atoms with Crippen LogP contribution in [-0.2, 0) is 19.3 Å². The average Bonchev–Trinajstić information content (AvgIpc) is 3.13. The topological polar surface area (TPSA) is 111 Å². The van der Waals surface area contributed by atoms with Crippen LogP contribution in [-0.4, -0.2) is 25.7 Å². The van der Waals surface area contributed by atoms with Gasteiger partial charge >= 0.3 is 6.18 Å². The molecular weight excluding hydrogens is 387 g/mol. The molecule has 0 fully saturated rings. The summed E-state index contributed by atoms with van der Waals surface area (Å²) in [5, 5.41) is 9.92. The molecule has 0 spiro atoms. The van der Waals surface area contributed by atoms with Gasteiger partial charge in [-0.15, -0.1) is 0 Å². The van der Waals surface area contributed by atoms with Crippen molar-refractivity contribution in [3.05, 3.63) is 59.5 Å². The summed E-state index contributed by atoms with van der Waals surface area (Å²) in [6.07, 6.45) is 0.144. The van der Waals surface area contributed by atoms with Crippen molar-refractivity contribution in [1.82, 2.24) is 19.7 Å². The highest BCUT2D eigenvalue weighted by Gasteiger charge is 2.30. The number of carbonyl (C=O) groups excluding carboxylic acids is 1. The number of aromatic nitrogens is 4. The number of carbonyl (C=O) groups is 1. The molecule has 0 aliphatic rings. The Labute approximate surface area is 164 Å². The molecule has 0 atom stereocenters. The van der Waals surface area contributed by atoms with Crippen molar-refractivity contribution < 1.29 is 18.0 Å². The number of amides is 1. The van der Waals surface area contributed by atoms with Crippen LogP contribution in [0.4, 0.5) is 30.6 Å². The maximum absolute atomic E-state index is 12.9. The second-order valence-electron chi connectivity index (χ2n) is 6.08. The Kier molecular flexibility index (Phi) is 5.66. The van der Waals surface area contributed by atoms with Crippen LogP contribution in [0.3, 0.4) is 0 Å². The van der Waals surface area contributed by atoms with Crippen LogP contribution in [0.5, 0.6) is 0 Å². The Morgan fingerprint density at radius 2 is 2.07 bits per heavy atom. The predicted octanol–water partition coefficient (Wildman–Crippen LogP) is 3.17. The van der Waals surface area contributed by atoms with Gasteiger partial charge in [-0.1, -0.05) is 12.1 Å². The molecule has 1 amide bonds. The lowest BCUT2D eigenvalue weighted by atomic mass is 10.1. The number of anilines is 3. The molecule has 152 valence electrons. The maximum Gasteiger partial charge on any atom is 0.416 e. The summed E-state index contributed by atoms with van der Waals surface area (Å²) in [7, 11) is 0. The third kappa shape index (κ3) is 5.00. The molecule has 11 heteroatoms. The van der Waals surface area contributed by atoms with Gasteiger partial charge in [0.25, 0.3) is 5.91 Å². The number of nitrogens with two attached hydrogens (primary N) is 1. The maximum atomic E-state index is 12.9. The number of rotatable bonds is 7. The lowest BCUT2D eigenvalue weighted by molar-refractivity contribution is -0.137. The fraction of sp³-hybridized carbons (Fsp3) is 0.222. The molecule has 2 aromatic heterocycles. The molecule has 3 rings (SSSR count). The van der Waals surface area contributed by atoms with E-state index in [9.17, 15) is 18.0 Å². The van der Waals surface area contributed by atoms with E-state index in [-0.39, 0.29) is 23.9 Å². The van der Waals surface area contributed by atoms with Crippen molar-refractivity contribution >= 4 is 23.4 Å². The van der Waals surface area contributed by atoms with Gasteiger partial charge in [0.15, 0.2) is 0 Å². The predicted molar refractivity (Wildman–Crippen MR) is 101 cm³/mol. The van der Waals surface area contributed by atoms with Gasteiger partial charge in [0, 0.05) is 25.5 Å². The lowest BCUT2D eigenvalue weighted by Gasteiger charge is -2.12. The van der Waals surface area contributed by atoms with Crippen LogP contribution in [0, 0.1) is 0 Å². The number of benzene rings is 1. The second-order valence-corrected chi connectivity index (χ2v) is 6.08. The van der Waals surface area contributed by atoms with Crippen molar-refractivity contribution in [2.45, 2.75) is 26.2 Å². The van der Waals surface area contributed by atoms with Gasteiger partial charge in [0.2, 0.25) is 5.95 Å². The highest BCUT2D eigenvalue weighted by atomic mass is 19.4.